The van der Waals surface area contributed by atoms with Gasteiger partial charge in [0.25, 0.3) is 0 Å². The second kappa shape index (κ2) is 14.0. The van der Waals surface area contributed by atoms with E-state index < -0.39 is 52.9 Å². The first kappa shape index (κ1) is 38.4. The van der Waals surface area contributed by atoms with Crippen LogP contribution < -0.4 is 29.0 Å². The van der Waals surface area contributed by atoms with Gasteiger partial charge in [0.2, 0.25) is 6.79 Å². The van der Waals surface area contributed by atoms with Gasteiger partial charge in [0, 0.05) is 59.1 Å². The predicted octanol–water partition coefficient (Wildman–Crippen LogP) is 4.10. The first-order valence-corrected chi connectivity index (χ1v) is 20.2. The fraction of sp³-hybridized carbons (Fsp3) is 0.452. The molecule has 3 aromatic carbocycles. The molecule has 0 radical (unpaired) electrons. The normalized spacial score (nSPS) is 28.4. The summed E-state index contributed by atoms with van der Waals surface area (Å²) in [5.74, 6) is 0.570. The number of piperazine rings is 1. The number of aromatic hydroxyl groups is 2. The molecule has 7 atom stereocenters. The molecule has 1 spiro atoms. The summed E-state index contributed by atoms with van der Waals surface area (Å²) in [7, 11) is 4.91. The second-order valence-corrected chi connectivity index (χ2v) is 16.8. The van der Waals surface area contributed by atoms with Crippen molar-refractivity contribution in [1.29, 1.82) is 0 Å². The predicted molar refractivity (Wildman–Crippen MR) is 209 cm³/mol. The summed E-state index contributed by atoms with van der Waals surface area (Å²) < 4.78 is 36.2. The van der Waals surface area contributed by atoms with Gasteiger partial charge in [-0.25, -0.2) is 4.79 Å². The van der Waals surface area contributed by atoms with Crippen LogP contribution in [0.3, 0.4) is 0 Å². The molecule has 3 aromatic rings. The van der Waals surface area contributed by atoms with E-state index in [0.29, 0.717) is 70.7 Å². The Labute approximate surface area is 338 Å². The topological polar surface area (TPSA) is 186 Å². The number of carbonyl (C=O) groups excluding carboxylic acids is 3. The molecule has 0 aromatic heterocycles. The first-order valence-electron chi connectivity index (χ1n) is 19.2. The lowest BCUT2D eigenvalue weighted by Gasteiger charge is -2.63. The molecule has 2 saturated heterocycles. The Morgan fingerprint density at radius 3 is 2.52 bits per heavy atom. The third kappa shape index (κ3) is 5.27. The number of ether oxygens (including phenoxy) is 6. The molecule has 16 heteroatoms. The number of esters is 2. The zero-order chi connectivity index (χ0) is 40.9. The van der Waals surface area contributed by atoms with Crippen molar-refractivity contribution >= 4 is 30.0 Å². The van der Waals surface area contributed by atoms with Crippen molar-refractivity contribution in [2.75, 3.05) is 47.0 Å². The van der Waals surface area contributed by atoms with Gasteiger partial charge in [0.15, 0.2) is 46.3 Å². The van der Waals surface area contributed by atoms with Crippen molar-refractivity contribution in [1.82, 2.24) is 15.1 Å². The molecule has 10 rings (SSSR count). The van der Waals surface area contributed by atoms with Gasteiger partial charge in [-0.1, -0.05) is 6.07 Å². The van der Waals surface area contributed by atoms with E-state index in [1.54, 1.807) is 19.1 Å². The van der Waals surface area contributed by atoms with Crippen molar-refractivity contribution < 1.29 is 58.1 Å². The van der Waals surface area contributed by atoms with Crippen LogP contribution in [0.1, 0.15) is 68.8 Å². The zero-order valence-corrected chi connectivity index (χ0v) is 33.7. The number of aliphatic hydroxyl groups is 1. The van der Waals surface area contributed by atoms with Gasteiger partial charge in [0.1, 0.15) is 12.4 Å². The Balaban J connectivity index is 1.36. The van der Waals surface area contributed by atoms with Crippen LogP contribution in [0, 0.1) is 13.8 Å². The highest BCUT2D eigenvalue weighted by Crippen LogP contribution is 2.65. The lowest BCUT2D eigenvalue weighted by atomic mass is 9.70. The molecular weight excluding hydrogens is 771 g/mol. The SMILES string of the molecule is COc1cc2c(cc1O)CCN[C@]21CS[C@@H]2c3c(OC(C)=O)c(C)c4c(c3[C@H](COC1=O)N1[C@@H]2[C@H]2c3c(cc(C)c(OC)c3O)C[C@@H]([C@@H]1/C(C=O)=C\O)N2C)OCO4. The molecule has 0 aliphatic carbocycles. The molecule has 2 fully saturated rings. The summed E-state index contributed by atoms with van der Waals surface area (Å²) in [5, 5.41) is 36.5. The molecule has 7 aliphatic heterocycles. The standard InChI is InChI=1S/C42H45N3O12S/c1-18-9-22-10-25-32(23(13-46)14-47)45-26-15-54-41(51)42(24-12-28(52-5)27(49)11-21(24)7-8-43-42)16-58-40(34(45)33(44(25)4)29(22)35(50)36(18)53-6)31-30(26)39-38(55-17-56-39)19(2)37(31)57-20(3)48/h9,11-14,25-26,32-34,40,43,46,49-50H,7-8,10,15-17H2,1-6H3/b23-13-/t25-,26-,32-,33+,34+,40+,42+/m0/s1. The van der Waals surface area contributed by atoms with E-state index in [9.17, 15) is 29.7 Å². The minimum atomic E-state index is -1.41. The lowest BCUT2D eigenvalue weighted by molar-refractivity contribution is -0.158. The number of phenolic OH excluding ortho intramolecular Hbond substituents is 2. The second-order valence-electron chi connectivity index (χ2n) is 15.7. The van der Waals surface area contributed by atoms with Crippen molar-refractivity contribution in [2.45, 2.75) is 74.6 Å². The summed E-state index contributed by atoms with van der Waals surface area (Å²) in [5.41, 5.74) is 4.10. The van der Waals surface area contributed by atoms with Crippen LogP contribution in [0.4, 0.5) is 0 Å². The number of methoxy groups -OCH3 is 2. The number of fused-ring (bicyclic) bond motifs is 9. The minimum absolute atomic E-state index is 0.00236. The molecule has 7 aliphatic rings. The maximum Gasteiger partial charge on any atom is 0.331 e. The molecule has 4 bridgehead atoms. The summed E-state index contributed by atoms with van der Waals surface area (Å²) in [4.78, 5) is 45.2. The average molecular weight is 816 g/mol. The number of aryl methyl sites for hydroxylation is 1. The van der Waals surface area contributed by atoms with Crippen LogP contribution in [0.25, 0.3) is 0 Å². The number of nitrogens with zero attached hydrogens (tertiary/aromatic N) is 2. The van der Waals surface area contributed by atoms with Gasteiger partial charge in [0.05, 0.1) is 43.9 Å². The molecule has 306 valence electrons. The number of aldehydes is 1. The number of hydrogen-bond donors (Lipinski definition) is 4. The van der Waals surface area contributed by atoms with Crippen LogP contribution in [0.15, 0.2) is 30.0 Å². The van der Waals surface area contributed by atoms with E-state index in [2.05, 4.69) is 15.1 Å². The summed E-state index contributed by atoms with van der Waals surface area (Å²) >= 11 is 1.44. The van der Waals surface area contributed by atoms with Gasteiger partial charge in [-0.05, 0) is 68.1 Å². The number of likely N-dealkylation sites (N-methyl/N-ethyl adjacent to an activating group) is 1. The fourth-order valence-corrected chi connectivity index (χ4v) is 12.3. The van der Waals surface area contributed by atoms with Gasteiger partial charge in [-0.3, -0.25) is 24.7 Å². The highest BCUT2D eigenvalue weighted by atomic mass is 32.2. The van der Waals surface area contributed by atoms with Crippen LogP contribution in [0.2, 0.25) is 0 Å². The van der Waals surface area contributed by atoms with Gasteiger partial charge in [-0.2, -0.15) is 0 Å². The van der Waals surface area contributed by atoms with Gasteiger partial charge in [-0.15, -0.1) is 11.8 Å². The summed E-state index contributed by atoms with van der Waals surface area (Å²) in [6.45, 7) is 5.06. The van der Waals surface area contributed by atoms with E-state index in [1.165, 1.54) is 32.9 Å². The Morgan fingerprint density at radius 2 is 1.81 bits per heavy atom. The number of benzene rings is 3. The van der Waals surface area contributed by atoms with E-state index in [1.807, 2.05) is 20.0 Å². The van der Waals surface area contributed by atoms with E-state index in [-0.39, 0.29) is 47.7 Å². The Bertz CT molecular complexity index is 2320. The smallest absolute Gasteiger partial charge is 0.331 e. The molecule has 15 nitrogen and oxygen atoms in total. The third-order valence-corrected chi connectivity index (χ3v) is 14.4. The Morgan fingerprint density at radius 1 is 1.03 bits per heavy atom. The van der Waals surface area contributed by atoms with Crippen molar-refractivity contribution in [3.8, 4) is 40.2 Å². The molecule has 0 saturated carbocycles. The first-order chi connectivity index (χ1) is 27.9. The zero-order valence-electron chi connectivity index (χ0n) is 32.9. The lowest BCUT2D eigenvalue weighted by Crippen LogP contribution is -2.70. The molecule has 0 amide bonds. The van der Waals surface area contributed by atoms with Gasteiger partial charge < -0.3 is 43.7 Å². The van der Waals surface area contributed by atoms with Crippen molar-refractivity contribution in [3.05, 3.63) is 74.5 Å². The number of phenols is 2. The third-order valence-electron chi connectivity index (χ3n) is 12.9. The number of aliphatic hydroxyl groups excluding tert-OH is 1. The molecule has 4 N–H and O–H groups in total. The van der Waals surface area contributed by atoms with Crippen LogP contribution >= 0.6 is 11.8 Å². The monoisotopic (exact) mass is 815 g/mol. The van der Waals surface area contributed by atoms with Crippen LogP contribution in [-0.4, -0.2) is 108 Å². The quantitative estimate of drug-likeness (QED) is 0.0948. The number of rotatable bonds is 5. The molecule has 0 unspecified atom stereocenters. The van der Waals surface area contributed by atoms with E-state index >= 15 is 0 Å². The molecule has 58 heavy (non-hydrogen) atoms. The van der Waals surface area contributed by atoms with Crippen LogP contribution in [-0.2, 0) is 37.5 Å². The Hall–Kier alpha value is -5.16. The summed E-state index contributed by atoms with van der Waals surface area (Å²) in [6, 6.07) is 2.10. The maximum absolute atomic E-state index is 14.9. The number of carbonyl (C=O) groups is 3. The number of thioether (sulfide) groups is 1. The van der Waals surface area contributed by atoms with Crippen molar-refractivity contribution in [2.24, 2.45) is 0 Å². The fourth-order valence-electron chi connectivity index (χ4n) is 10.6. The highest BCUT2D eigenvalue weighted by molar-refractivity contribution is 7.99. The van der Waals surface area contributed by atoms with Crippen molar-refractivity contribution in [3.63, 3.8) is 0 Å². The van der Waals surface area contributed by atoms with E-state index in [0.717, 1.165) is 23.0 Å². The Kier molecular flexibility index (Phi) is 9.26. The average Bonchev–Trinajstić information content (AvgIpc) is 3.69. The number of hydrogen-bond acceptors (Lipinski definition) is 16. The molecule has 7 heterocycles. The maximum atomic E-state index is 14.9. The van der Waals surface area contributed by atoms with Crippen LogP contribution in [0.5, 0.6) is 40.2 Å². The van der Waals surface area contributed by atoms with Gasteiger partial charge >= 0.3 is 11.9 Å². The number of nitrogens with one attached hydrogen (secondary N) is 1. The van der Waals surface area contributed by atoms with E-state index in [4.69, 9.17) is 28.4 Å². The summed E-state index contributed by atoms with van der Waals surface area (Å²) in [6.07, 6.45) is 2.43. The molecular formula is C42H45N3O12S. The highest BCUT2D eigenvalue weighted by Gasteiger charge is 2.62. The minimum Gasteiger partial charge on any atom is -0.515 e. The largest absolute Gasteiger partial charge is 0.515 e.